The number of carbonyl (C=O) groups excluding carboxylic acids is 1. The standard InChI is InChI=1S/C9H14O/c1-9(2)6-3-4-7(9)8(10)5-6/h6-7H,3-5H2,1-2H3/t6-,7?/m0/s1. The van der Waals surface area contributed by atoms with E-state index in [0.717, 1.165) is 12.8 Å². The van der Waals surface area contributed by atoms with Crippen molar-refractivity contribution < 1.29 is 4.79 Å². The number of fused-ring (bicyclic) bond motifs is 2. The molecule has 1 nitrogen and oxygen atoms in total. The van der Waals surface area contributed by atoms with Crippen LogP contribution in [0.3, 0.4) is 0 Å². The van der Waals surface area contributed by atoms with E-state index in [9.17, 15) is 4.79 Å². The Balaban J connectivity index is 2.35. The molecule has 2 aliphatic carbocycles. The summed E-state index contributed by atoms with van der Waals surface area (Å²) in [5.41, 5.74) is 0.344. The Hall–Kier alpha value is -0.330. The van der Waals surface area contributed by atoms with Crippen LogP contribution in [0.2, 0.25) is 0 Å². The van der Waals surface area contributed by atoms with Gasteiger partial charge in [-0.2, -0.15) is 0 Å². The number of rotatable bonds is 0. The van der Waals surface area contributed by atoms with Gasteiger partial charge in [0, 0.05) is 12.3 Å². The number of ketones is 1. The van der Waals surface area contributed by atoms with Gasteiger partial charge in [-0.25, -0.2) is 0 Å². The zero-order chi connectivity index (χ0) is 7.35. The Morgan fingerprint density at radius 2 is 2.10 bits per heavy atom. The van der Waals surface area contributed by atoms with E-state index >= 15 is 0 Å². The molecule has 2 aliphatic rings. The summed E-state index contributed by atoms with van der Waals surface area (Å²) in [5.74, 6) is 1.66. The summed E-state index contributed by atoms with van der Waals surface area (Å²) in [6, 6.07) is 0. The smallest absolute Gasteiger partial charge is 0.136 e. The third-order valence-corrected chi connectivity index (χ3v) is 3.59. The number of hydrogen-bond acceptors (Lipinski definition) is 1. The van der Waals surface area contributed by atoms with Crippen molar-refractivity contribution >= 4 is 5.78 Å². The summed E-state index contributed by atoms with van der Waals surface area (Å²) in [7, 11) is 0. The lowest BCUT2D eigenvalue weighted by Crippen LogP contribution is -2.19. The lowest BCUT2D eigenvalue weighted by molar-refractivity contribution is -0.122. The first kappa shape index (κ1) is 6.38. The molecule has 1 unspecified atom stereocenters. The molecule has 2 rings (SSSR count). The van der Waals surface area contributed by atoms with E-state index < -0.39 is 0 Å². The molecule has 0 N–H and O–H groups in total. The molecule has 2 fully saturated rings. The second-order valence-corrected chi connectivity index (χ2v) is 4.32. The number of carbonyl (C=O) groups is 1. The molecule has 0 aromatic carbocycles. The Labute approximate surface area is 61.8 Å². The van der Waals surface area contributed by atoms with Crippen molar-refractivity contribution in [3.8, 4) is 0 Å². The maximum absolute atomic E-state index is 11.3. The van der Waals surface area contributed by atoms with Crippen LogP contribution in [0.1, 0.15) is 33.1 Å². The van der Waals surface area contributed by atoms with Crippen molar-refractivity contribution in [3.63, 3.8) is 0 Å². The molecule has 0 amide bonds. The van der Waals surface area contributed by atoms with Gasteiger partial charge < -0.3 is 0 Å². The number of hydrogen-bond donors (Lipinski definition) is 0. The summed E-state index contributed by atoms with van der Waals surface area (Å²) in [5, 5.41) is 0. The van der Waals surface area contributed by atoms with Gasteiger partial charge in [0.1, 0.15) is 5.78 Å². The van der Waals surface area contributed by atoms with Gasteiger partial charge in [-0.15, -0.1) is 0 Å². The van der Waals surface area contributed by atoms with Crippen LogP contribution in [0.25, 0.3) is 0 Å². The maximum atomic E-state index is 11.3. The van der Waals surface area contributed by atoms with Gasteiger partial charge >= 0.3 is 0 Å². The Kier molecular flexibility index (Phi) is 1.04. The van der Waals surface area contributed by atoms with Crippen molar-refractivity contribution in [2.24, 2.45) is 17.3 Å². The van der Waals surface area contributed by atoms with Gasteiger partial charge in [0.15, 0.2) is 0 Å². The summed E-state index contributed by atoms with van der Waals surface area (Å²) >= 11 is 0. The third-order valence-electron chi connectivity index (χ3n) is 3.59. The fourth-order valence-corrected chi connectivity index (χ4v) is 2.72. The van der Waals surface area contributed by atoms with E-state index in [4.69, 9.17) is 0 Å². The van der Waals surface area contributed by atoms with Gasteiger partial charge in [0.05, 0.1) is 0 Å². The third kappa shape index (κ3) is 0.561. The summed E-state index contributed by atoms with van der Waals surface area (Å²) in [6.07, 6.45) is 3.33. The predicted molar refractivity (Wildman–Crippen MR) is 39.6 cm³/mol. The highest BCUT2D eigenvalue weighted by molar-refractivity contribution is 5.85. The van der Waals surface area contributed by atoms with Gasteiger partial charge in [0.25, 0.3) is 0 Å². The van der Waals surface area contributed by atoms with E-state index in [-0.39, 0.29) is 0 Å². The predicted octanol–water partition coefficient (Wildman–Crippen LogP) is 2.01. The molecule has 0 aromatic heterocycles. The van der Waals surface area contributed by atoms with Crippen LogP contribution in [0, 0.1) is 17.3 Å². The number of Topliss-reactive ketones (excluding diaryl/α,β-unsaturated/α-hetero) is 1. The van der Waals surface area contributed by atoms with Crippen molar-refractivity contribution in [3.05, 3.63) is 0 Å². The SMILES string of the molecule is CC1(C)C2CC[C@H]1CC2=O. The van der Waals surface area contributed by atoms with Crippen LogP contribution >= 0.6 is 0 Å². The maximum Gasteiger partial charge on any atom is 0.136 e. The van der Waals surface area contributed by atoms with Gasteiger partial charge in [0.2, 0.25) is 0 Å². The monoisotopic (exact) mass is 138 g/mol. The van der Waals surface area contributed by atoms with E-state index in [1.807, 2.05) is 0 Å². The molecular weight excluding hydrogens is 124 g/mol. The molecular formula is C9H14O. The Morgan fingerprint density at radius 3 is 2.30 bits per heavy atom. The molecule has 0 aromatic rings. The molecule has 10 heavy (non-hydrogen) atoms. The quantitative estimate of drug-likeness (QED) is 0.500. The second-order valence-electron chi connectivity index (χ2n) is 4.32. The molecule has 56 valence electrons. The highest BCUT2D eigenvalue weighted by Crippen LogP contribution is 2.55. The lowest BCUT2D eigenvalue weighted by Gasteiger charge is -2.21. The molecule has 2 bridgehead atoms. The van der Waals surface area contributed by atoms with Crippen LogP contribution in [-0.4, -0.2) is 5.78 Å². The molecule has 2 atom stereocenters. The zero-order valence-corrected chi connectivity index (χ0v) is 6.68. The fraction of sp³-hybridized carbons (Fsp3) is 0.889. The van der Waals surface area contributed by atoms with Crippen molar-refractivity contribution in [2.75, 3.05) is 0 Å². The minimum absolute atomic E-state index is 0.344. The van der Waals surface area contributed by atoms with Crippen LogP contribution in [0.15, 0.2) is 0 Å². The van der Waals surface area contributed by atoms with Crippen molar-refractivity contribution in [2.45, 2.75) is 33.1 Å². The van der Waals surface area contributed by atoms with E-state index in [2.05, 4.69) is 13.8 Å². The molecule has 0 saturated heterocycles. The normalized spacial score (nSPS) is 42.8. The highest BCUT2D eigenvalue weighted by atomic mass is 16.1. The zero-order valence-electron chi connectivity index (χ0n) is 6.68. The topological polar surface area (TPSA) is 17.1 Å². The highest BCUT2D eigenvalue weighted by Gasteiger charge is 2.52. The molecule has 0 radical (unpaired) electrons. The largest absolute Gasteiger partial charge is 0.299 e. The van der Waals surface area contributed by atoms with Crippen LogP contribution in [0.4, 0.5) is 0 Å². The lowest BCUT2D eigenvalue weighted by atomic mass is 9.82. The Morgan fingerprint density at radius 1 is 1.40 bits per heavy atom. The molecule has 0 heterocycles. The van der Waals surface area contributed by atoms with Crippen LogP contribution in [-0.2, 0) is 4.79 Å². The van der Waals surface area contributed by atoms with Gasteiger partial charge in [-0.1, -0.05) is 13.8 Å². The van der Waals surface area contributed by atoms with Gasteiger partial charge in [-0.3, -0.25) is 4.79 Å². The average molecular weight is 138 g/mol. The molecule has 0 spiro atoms. The summed E-state index contributed by atoms with van der Waals surface area (Å²) in [4.78, 5) is 11.3. The van der Waals surface area contributed by atoms with Crippen LogP contribution in [0.5, 0.6) is 0 Å². The van der Waals surface area contributed by atoms with Crippen LogP contribution < -0.4 is 0 Å². The minimum Gasteiger partial charge on any atom is -0.299 e. The first-order chi connectivity index (χ1) is 4.62. The van der Waals surface area contributed by atoms with Crippen molar-refractivity contribution in [1.82, 2.24) is 0 Å². The molecule has 0 aliphatic heterocycles. The molecule has 2 saturated carbocycles. The van der Waals surface area contributed by atoms with Gasteiger partial charge in [-0.05, 0) is 24.2 Å². The first-order valence-electron chi connectivity index (χ1n) is 4.15. The summed E-state index contributed by atoms with van der Waals surface area (Å²) in [6.45, 7) is 4.50. The van der Waals surface area contributed by atoms with E-state index in [1.165, 1.54) is 6.42 Å². The average Bonchev–Trinajstić information content (AvgIpc) is 2.20. The summed E-state index contributed by atoms with van der Waals surface area (Å²) < 4.78 is 0. The minimum atomic E-state index is 0.344. The fourth-order valence-electron chi connectivity index (χ4n) is 2.72. The van der Waals surface area contributed by atoms with E-state index in [1.54, 1.807) is 0 Å². The van der Waals surface area contributed by atoms with Crippen molar-refractivity contribution in [1.29, 1.82) is 0 Å². The van der Waals surface area contributed by atoms with E-state index in [0.29, 0.717) is 23.0 Å². The Bertz CT molecular complexity index is 181. The first-order valence-corrected chi connectivity index (χ1v) is 4.15. The second kappa shape index (κ2) is 1.63. The molecule has 1 heteroatoms.